The first kappa shape index (κ1) is 10.1. The lowest BCUT2D eigenvalue weighted by Crippen LogP contribution is -2.34. The van der Waals surface area contributed by atoms with Crippen LogP contribution in [-0.4, -0.2) is 21.7 Å². The molecule has 4 nitrogen and oxygen atoms in total. The van der Waals surface area contributed by atoms with Crippen LogP contribution in [0.3, 0.4) is 0 Å². The lowest BCUT2D eigenvalue weighted by Gasteiger charge is -2.11. The molecule has 1 unspecified atom stereocenters. The molecular weight excluding hydrogens is 166 g/mol. The number of aryl methyl sites for hydroxylation is 1. The fourth-order valence-corrected chi connectivity index (χ4v) is 1.36. The number of hydrogen-bond donors (Lipinski definition) is 1. The minimum absolute atomic E-state index is 0.0461. The van der Waals surface area contributed by atoms with Crippen LogP contribution >= 0.6 is 0 Å². The monoisotopic (exact) mass is 183 g/mol. The van der Waals surface area contributed by atoms with Crippen molar-refractivity contribution in [3.8, 4) is 0 Å². The van der Waals surface area contributed by atoms with Crippen LogP contribution in [-0.2, 0) is 13.6 Å². The summed E-state index contributed by atoms with van der Waals surface area (Å²) in [6.07, 6.45) is 3.59. The molecule has 74 valence electrons. The lowest BCUT2D eigenvalue weighted by molar-refractivity contribution is 0.478. The summed E-state index contributed by atoms with van der Waals surface area (Å²) in [7, 11) is 1.76. The Morgan fingerprint density at radius 2 is 2.23 bits per heavy atom. The number of nitrogens with one attached hydrogen (secondary N) is 1. The van der Waals surface area contributed by atoms with Crippen molar-refractivity contribution in [3.05, 3.63) is 22.9 Å². The summed E-state index contributed by atoms with van der Waals surface area (Å²) in [6, 6.07) is 0.338. The van der Waals surface area contributed by atoms with Gasteiger partial charge in [0.05, 0.1) is 0 Å². The number of aromatic nitrogens is 2. The third kappa shape index (κ3) is 2.45. The highest BCUT2D eigenvalue weighted by Gasteiger charge is 2.03. The van der Waals surface area contributed by atoms with E-state index in [9.17, 15) is 4.79 Å². The molecule has 0 aliphatic carbocycles. The second-order valence-corrected chi connectivity index (χ2v) is 3.30. The molecule has 0 spiro atoms. The fourth-order valence-electron chi connectivity index (χ4n) is 1.36. The van der Waals surface area contributed by atoms with E-state index in [1.165, 1.54) is 0 Å². The summed E-state index contributed by atoms with van der Waals surface area (Å²) >= 11 is 0. The first-order chi connectivity index (χ1) is 6.15. The van der Waals surface area contributed by atoms with Crippen molar-refractivity contribution in [2.45, 2.75) is 26.4 Å². The molecule has 0 aliphatic heterocycles. The summed E-state index contributed by atoms with van der Waals surface area (Å²) in [5, 5.41) is 3.26. The number of likely N-dealkylation sites (N-methyl/N-ethyl adjacent to an activating group) is 1. The highest BCUT2D eigenvalue weighted by Crippen LogP contribution is 1.88. The zero-order valence-electron chi connectivity index (χ0n) is 8.45. The van der Waals surface area contributed by atoms with E-state index in [1.54, 1.807) is 22.4 Å². The SMILES string of the molecule is CCNC(C)Cn1ccn(C)c1=O. The quantitative estimate of drug-likeness (QED) is 0.723. The van der Waals surface area contributed by atoms with Gasteiger partial charge in [-0.25, -0.2) is 4.79 Å². The topological polar surface area (TPSA) is 39.0 Å². The van der Waals surface area contributed by atoms with Gasteiger partial charge in [-0.3, -0.25) is 4.57 Å². The Bertz CT molecular complexity index is 313. The van der Waals surface area contributed by atoms with Gasteiger partial charge in [0.25, 0.3) is 0 Å². The van der Waals surface area contributed by atoms with Crippen LogP contribution in [0, 0.1) is 0 Å². The van der Waals surface area contributed by atoms with Crippen LogP contribution in [0.2, 0.25) is 0 Å². The van der Waals surface area contributed by atoms with Gasteiger partial charge in [0, 0.05) is 32.0 Å². The van der Waals surface area contributed by atoms with Crippen LogP contribution in [0.5, 0.6) is 0 Å². The van der Waals surface area contributed by atoms with Crippen molar-refractivity contribution < 1.29 is 0 Å². The summed E-state index contributed by atoms with van der Waals surface area (Å²) in [5.74, 6) is 0. The van der Waals surface area contributed by atoms with Crippen molar-refractivity contribution in [1.82, 2.24) is 14.5 Å². The van der Waals surface area contributed by atoms with Crippen molar-refractivity contribution in [2.75, 3.05) is 6.54 Å². The van der Waals surface area contributed by atoms with Gasteiger partial charge < -0.3 is 9.88 Å². The van der Waals surface area contributed by atoms with Gasteiger partial charge in [0.15, 0.2) is 0 Å². The third-order valence-electron chi connectivity index (χ3n) is 2.04. The summed E-state index contributed by atoms with van der Waals surface area (Å²) in [5.41, 5.74) is 0.0461. The predicted octanol–water partition coefficient (Wildman–Crippen LogP) is 0.185. The molecule has 0 saturated carbocycles. The standard InChI is InChI=1S/C9H17N3O/c1-4-10-8(2)7-12-6-5-11(3)9(12)13/h5-6,8,10H,4,7H2,1-3H3. The second-order valence-electron chi connectivity index (χ2n) is 3.30. The molecule has 0 radical (unpaired) electrons. The van der Waals surface area contributed by atoms with Gasteiger partial charge in [-0.1, -0.05) is 6.92 Å². The van der Waals surface area contributed by atoms with E-state index >= 15 is 0 Å². The van der Waals surface area contributed by atoms with E-state index in [0.717, 1.165) is 13.1 Å². The van der Waals surface area contributed by atoms with Gasteiger partial charge in [-0.2, -0.15) is 0 Å². The van der Waals surface area contributed by atoms with E-state index in [2.05, 4.69) is 19.2 Å². The maximum absolute atomic E-state index is 11.4. The number of nitrogens with zero attached hydrogens (tertiary/aromatic N) is 2. The first-order valence-corrected chi connectivity index (χ1v) is 4.60. The van der Waals surface area contributed by atoms with Crippen LogP contribution < -0.4 is 11.0 Å². The molecule has 0 amide bonds. The van der Waals surface area contributed by atoms with Gasteiger partial charge in [0.2, 0.25) is 0 Å². The van der Waals surface area contributed by atoms with Crippen molar-refractivity contribution in [2.24, 2.45) is 7.05 Å². The zero-order chi connectivity index (χ0) is 9.84. The number of imidazole rings is 1. The highest BCUT2D eigenvalue weighted by molar-refractivity contribution is 4.81. The Balaban J connectivity index is 2.64. The zero-order valence-corrected chi connectivity index (χ0v) is 8.45. The smallest absolute Gasteiger partial charge is 0.313 e. The van der Waals surface area contributed by atoms with Crippen LogP contribution in [0.4, 0.5) is 0 Å². The molecule has 0 aliphatic rings. The van der Waals surface area contributed by atoms with Crippen LogP contribution in [0.15, 0.2) is 17.2 Å². The summed E-state index contributed by atoms with van der Waals surface area (Å²) in [4.78, 5) is 11.4. The molecule has 1 N–H and O–H groups in total. The Morgan fingerprint density at radius 1 is 1.54 bits per heavy atom. The maximum atomic E-state index is 11.4. The molecule has 1 aromatic rings. The largest absolute Gasteiger partial charge is 0.327 e. The van der Waals surface area contributed by atoms with E-state index in [4.69, 9.17) is 0 Å². The van der Waals surface area contributed by atoms with Gasteiger partial charge in [-0.05, 0) is 13.5 Å². The Morgan fingerprint density at radius 3 is 2.69 bits per heavy atom. The van der Waals surface area contributed by atoms with Gasteiger partial charge in [-0.15, -0.1) is 0 Å². The lowest BCUT2D eigenvalue weighted by atomic mass is 10.3. The van der Waals surface area contributed by atoms with Crippen molar-refractivity contribution in [1.29, 1.82) is 0 Å². The molecule has 0 bridgehead atoms. The molecule has 1 rings (SSSR count). The average molecular weight is 183 g/mol. The first-order valence-electron chi connectivity index (χ1n) is 4.60. The molecular formula is C9H17N3O. The molecule has 4 heteroatoms. The second kappa shape index (κ2) is 4.28. The van der Waals surface area contributed by atoms with Crippen LogP contribution in [0.1, 0.15) is 13.8 Å². The average Bonchev–Trinajstić information content (AvgIpc) is 2.37. The van der Waals surface area contributed by atoms with Crippen molar-refractivity contribution in [3.63, 3.8) is 0 Å². The molecule has 0 saturated heterocycles. The molecule has 1 heterocycles. The summed E-state index contributed by atoms with van der Waals surface area (Å²) in [6.45, 7) is 5.80. The molecule has 1 aromatic heterocycles. The fraction of sp³-hybridized carbons (Fsp3) is 0.667. The van der Waals surface area contributed by atoms with Crippen molar-refractivity contribution >= 4 is 0 Å². The highest BCUT2D eigenvalue weighted by atomic mass is 16.1. The minimum Gasteiger partial charge on any atom is -0.313 e. The van der Waals surface area contributed by atoms with E-state index < -0.39 is 0 Å². The Labute approximate surface area is 78.2 Å². The normalized spacial score (nSPS) is 13.2. The maximum Gasteiger partial charge on any atom is 0.327 e. The van der Waals surface area contributed by atoms with E-state index in [0.29, 0.717) is 6.04 Å². The van der Waals surface area contributed by atoms with E-state index in [1.807, 2.05) is 6.20 Å². The van der Waals surface area contributed by atoms with Gasteiger partial charge in [0.1, 0.15) is 0 Å². The Kier molecular flexibility index (Phi) is 3.31. The molecule has 0 aromatic carbocycles. The van der Waals surface area contributed by atoms with E-state index in [-0.39, 0.29) is 5.69 Å². The minimum atomic E-state index is 0.0461. The summed E-state index contributed by atoms with van der Waals surface area (Å²) < 4.78 is 3.30. The molecule has 13 heavy (non-hydrogen) atoms. The van der Waals surface area contributed by atoms with Crippen LogP contribution in [0.25, 0.3) is 0 Å². The number of hydrogen-bond acceptors (Lipinski definition) is 2. The number of rotatable bonds is 4. The Hall–Kier alpha value is -1.03. The molecule has 1 atom stereocenters. The predicted molar refractivity (Wildman–Crippen MR) is 52.8 cm³/mol. The third-order valence-corrected chi connectivity index (χ3v) is 2.04. The molecule has 0 fully saturated rings. The van der Waals surface area contributed by atoms with Gasteiger partial charge >= 0.3 is 5.69 Å².